The van der Waals surface area contributed by atoms with Crippen molar-refractivity contribution in [1.29, 1.82) is 0 Å². The molecule has 4 nitrogen and oxygen atoms in total. The highest BCUT2D eigenvalue weighted by Gasteiger charge is 2.13. The Bertz CT molecular complexity index is 718. The monoisotopic (exact) mass is 390 g/mol. The molecule has 1 amide bonds. The normalized spacial score (nSPS) is 13.2. The summed E-state index contributed by atoms with van der Waals surface area (Å²) in [4.78, 5) is 11.2. The average Bonchev–Trinajstić information content (AvgIpc) is 2.54. The lowest BCUT2D eigenvalue weighted by molar-refractivity contribution is -0.114. The first-order chi connectivity index (χ1) is 11.4. The highest BCUT2D eigenvalue weighted by atomic mass is 79.9. The molecule has 0 aliphatic heterocycles. The van der Waals surface area contributed by atoms with Crippen molar-refractivity contribution in [3.8, 4) is 5.75 Å². The van der Waals surface area contributed by atoms with Crippen LogP contribution < -0.4 is 15.4 Å². The molecule has 128 valence electrons. The summed E-state index contributed by atoms with van der Waals surface area (Å²) in [7, 11) is 1.66. The van der Waals surface area contributed by atoms with Gasteiger partial charge in [0.05, 0.1) is 11.6 Å². The molecule has 0 saturated heterocycles. The third kappa shape index (κ3) is 4.82. The van der Waals surface area contributed by atoms with Gasteiger partial charge < -0.3 is 15.4 Å². The van der Waals surface area contributed by atoms with Crippen LogP contribution in [-0.2, 0) is 4.79 Å². The summed E-state index contributed by atoms with van der Waals surface area (Å²) in [6.07, 6.45) is 0. The average molecular weight is 391 g/mol. The van der Waals surface area contributed by atoms with E-state index in [2.05, 4.69) is 58.6 Å². The van der Waals surface area contributed by atoms with Crippen LogP contribution in [0.4, 0.5) is 5.69 Å². The molecule has 0 bridgehead atoms. The Morgan fingerprint density at radius 1 is 1.08 bits per heavy atom. The lowest BCUT2D eigenvalue weighted by Crippen LogP contribution is -2.22. The van der Waals surface area contributed by atoms with Crippen molar-refractivity contribution < 1.29 is 9.53 Å². The first kappa shape index (κ1) is 18.5. The first-order valence-corrected chi connectivity index (χ1v) is 8.67. The summed E-state index contributed by atoms with van der Waals surface area (Å²) in [5, 5.41) is 6.40. The Morgan fingerprint density at radius 2 is 1.75 bits per heavy atom. The lowest BCUT2D eigenvalue weighted by Gasteiger charge is -2.22. The molecule has 2 aromatic rings. The largest absolute Gasteiger partial charge is 0.496 e. The van der Waals surface area contributed by atoms with Crippen LogP contribution in [0, 0.1) is 0 Å². The van der Waals surface area contributed by atoms with Crippen LogP contribution in [0.25, 0.3) is 0 Å². The van der Waals surface area contributed by atoms with Crippen molar-refractivity contribution in [2.45, 2.75) is 32.9 Å². The quantitative estimate of drug-likeness (QED) is 0.742. The van der Waals surface area contributed by atoms with Crippen LogP contribution in [0.2, 0.25) is 0 Å². The van der Waals surface area contributed by atoms with E-state index < -0.39 is 0 Å². The molecule has 2 unspecified atom stereocenters. The zero-order valence-electron chi connectivity index (χ0n) is 14.4. The van der Waals surface area contributed by atoms with Crippen molar-refractivity contribution in [2.75, 3.05) is 12.4 Å². The summed E-state index contributed by atoms with van der Waals surface area (Å²) >= 11 is 3.53. The molecule has 0 aromatic heterocycles. The first-order valence-electron chi connectivity index (χ1n) is 7.87. The molecule has 2 N–H and O–H groups in total. The van der Waals surface area contributed by atoms with Gasteiger partial charge in [0.25, 0.3) is 0 Å². The molecule has 0 saturated carbocycles. The van der Waals surface area contributed by atoms with Gasteiger partial charge in [-0.25, -0.2) is 0 Å². The number of benzene rings is 2. The molecule has 0 radical (unpaired) electrons. The summed E-state index contributed by atoms with van der Waals surface area (Å²) in [6, 6.07) is 14.3. The van der Waals surface area contributed by atoms with E-state index in [0.29, 0.717) is 0 Å². The molecule has 0 aliphatic carbocycles. The third-order valence-electron chi connectivity index (χ3n) is 3.88. The number of ether oxygens (including phenoxy) is 1. The lowest BCUT2D eigenvalue weighted by atomic mass is 10.0. The van der Waals surface area contributed by atoms with Gasteiger partial charge in [-0.3, -0.25) is 4.79 Å². The van der Waals surface area contributed by atoms with Crippen molar-refractivity contribution in [2.24, 2.45) is 0 Å². The molecule has 0 aliphatic rings. The number of halogens is 1. The molecule has 24 heavy (non-hydrogen) atoms. The van der Waals surface area contributed by atoms with Crippen LogP contribution >= 0.6 is 15.9 Å². The molecule has 2 atom stereocenters. The number of hydrogen-bond acceptors (Lipinski definition) is 3. The fourth-order valence-corrected chi connectivity index (χ4v) is 3.17. The number of methoxy groups -OCH3 is 1. The van der Waals surface area contributed by atoms with Crippen molar-refractivity contribution in [1.82, 2.24) is 5.32 Å². The van der Waals surface area contributed by atoms with E-state index in [0.717, 1.165) is 21.5 Å². The smallest absolute Gasteiger partial charge is 0.221 e. The van der Waals surface area contributed by atoms with Crippen LogP contribution in [0.15, 0.2) is 46.9 Å². The third-order valence-corrected chi connectivity index (χ3v) is 4.50. The van der Waals surface area contributed by atoms with Crippen LogP contribution in [-0.4, -0.2) is 13.0 Å². The van der Waals surface area contributed by atoms with Crippen molar-refractivity contribution in [3.05, 3.63) is 58.1 Å². The molecule has 2 aromatic carbocycles. The highest BCUT2D eigenvalue weighted by molar-refractivity contribution is 9.10. The van der Waals surface area contributed by atoms with Gasteiger partial charge >= 0.3 is 0 Å². The van der Waals surface area contributed by atoms with E-state index in [4.69, 9.17) is 4.74 Å². The predicted molar refractivity (Wildman–Crippen MR) is 101 cm³/mol. The Labute approximate surface area is 151 Å². The zero-order chi connectivity index (χ0) is 17.7. The fourth-order valence-electron chi connectivity index (χ4n) is 2.61. The standard InChI is InChI=1S/C19H23BrN2O2/c1-12(15-6-5-7-17(10-15)22-14(3)23)21-13(2)16-8-9-19(24-4)18(20)11-16/h5-13,21H,1-4H3,(H,22,23). The maximum absolute atomic E-state index is 11.2. The Balaban J connectivity index is 2.09. The van der Waals surface area contributed by atoms with Gasteiger partial charge in [-0.1, -0.05) is 18.2 Å². The van der Waals surface area contributed by atoms with Gasteiger partial charge in [0.2, 0.25) is 5.91 Å². The van der Waals surface area contributed by atoms with Crippen LogP contribution in [0.1, 0.15) is 44.0 Å². The van der Waals surface area contributed by atoms with E-state index in [-0.39, 0.29) is 18.0 Å². The van der Waals surface area contributed by atoms with Crippen LogP contribution in [0.3, 0.4) is 0 Å². The molecular weight excluding hydrogens is 368 g/mol. The minimum atomic E-state index is -0.0655. The topological polar surface area (TPSA) is 50.4 Å². The SMILES string of the molecule is COc1ccc(C(C)NC(C)c2cccc(NC(C)=O)c2)cc1Br. The van der Waals surface area contributed by atoms with Crippen LogP contribution in [0.5, 0.6) is 5.75 Å². The Morgan fingerprint density at radius 3 is 2.33 bits per heavy atom. The highest BCUT2D eigenvalue weighted by Crippen LogP contribution is 2.29. The molecule has 5 heteroatoms. The molecule has 0 spiro atoms. The van der Waals surface area contributed by atoms with E-state index >= 15 is 0 Å². The van der Waals surface area contributed by atoms with E-state index in [9.17, 15) is 4.79 Å². The van der Waals surface area contributed by atoms with Crippen molar-refractivity contribution in [3.63, 3.8) is 0 Å². The van der Waals surface area contributed by atoms with Crippen molar-refractivity contribution >= 4 is 27.5 Å². The summed E-state index contributed by atoms with van der Waals surface area (Å²) in [5.41, 5.74) is 3.11. The number of nitrogens with one attached hydrogen (secondary N) is 2. The Hall–Kier alpha value is -1.85. The number of carbonyl (C=O) groups excluding carboxylic acids is 1. The van der Waals surface area contributed by atoms with Gasteiger partial charge in [0.1, 0.15) is 5.75 Å². The van der Waals surface area contributed by atoms with Gasteiger partial charge in [0, 0.05) is 24.7 Å². The van der Waals surface area contributed by atoms with E-state index in [1.807, 2.05) is 24.3 Å². The second kappa shape index (κ2) is 8.31. The Kier molecular flexibility index (Phi) is 6.40. The molecule has 0 heterocycles. The maximum Gasteiger partial charge on any atom is 0.221 e. The molecule has 2 rings (SSSR count). The molecule has 0 fully saturated rings. The van der Waals surface area contributed by atoms with Gasteiger partial charge in [-0.15, -0.1) is 0 Å². The number of carbonyl (C=O) groups is 1. The summed E-state index contributed by atoms with van der Waals surface area (Å²) < 4.78 is 6.21. The van der Waals surface area contributed by atoms with E-state index in [1.54, 1.807) is 7.11 Å². The second-order valence-electron chi connectivity index (χ2n) is 5.81. The van der Waals surface area contributed by atoms with Gasteiger partial charge in [0.15, 0.2) is 0 Å². The fraction of sp³-hybridized carbons (Fsp3) is 0.316. The molecular formula is C19H23BrN2O2. The predicted octanol–water partition coefficient (Wildman–Crippen LogP) is 4.83. The number of rotatable bonds is 6. The van der Waals surface area contributed by atoms with E-state index in [1.165, 1.54) is 12.5 Å². The maximum atomic E-state index is 11.2. The second-order valence-corrected chi connectivity index (χ2v) is 6.67. The number of hydrogen-bond donors (Lipinski definition) is 2. The number of anilines is 1. The minimum absolute atomic E-state index is 0.0655. The zero-order valence-corrected chi connectivity index (χ0v) is 16.0. The summed E-state index contributed by atoms with van der Waals surface area (Å²) in [5.74, 6) is 0.756. The minimum Gasteiger partial charge on any atom is -0.496 e. The summed E-state index contributed by atoms with van der Waals surface area (Å²) in [6.45, 7) is 5.75. The van der Waals surface area contributed by atoms with Gasteiger partial charge in [-0.05, 0) is 65.2 Å². The number of amides is 1. The van der Waals surface area contributed by atoms with Gasteiger partial charge in [-0.2, -0.15) is 0 Å².